The summed E-state index contributed by atoms with van der Waals surface area (Å²) in [5.41, 5.74) is 0.478. The van der Waals surface area contributed by atoms with Crippen molar-refractivity contribution in [2.75, 3.05) is 13.2 Å². The molecular weight excluding hydrogens is 400 g/mol. The number of carboxylic acids is 2. The summed E-state index contributed by atoms with van der Waals surface area (Å²) in [7, 11) is 0. The lowest BCUT2D eigenvalue weighted by Crippen LogP contribution is -2.25. The lowest BCUT2D eigenvalue weighted by atomic mass is 9.82. The van der Waals surface area contributed by atoms with Gasteiger partial charge in [0, 0.05) is 0 Å². The van der Waals surface area contributed by atoms with E-state index >= 15 is 0 Å². The van der Waals surface area contributed by atoms with Gasteiger partial charge in [0.1, 0.15) is 11.5 Å². The molecule has 170 valence electrons. The summed E-state index contributed by atoms with van der Waals surface area (Å²) in [4.78, 5) is 34.3. The van der Waals surface area contributed by atoms with Crippen molar-refractivity contribution in [3.63, 3.8) is 0 Å². The van der Waals surface area contributed by atoms with Crippen molar-refractivity contribution in [2.45, 2.75) is 58.3 Å². The first kappa shape index (κ1) is 23.1. The molecule has 7 heteroatoms. The summed E-state index contributed by atoms with van der Waals surface area (Å²) in [5, 5.41) is 18.2. The van der Waals surface area contributed by atoms with Gasteiger partial charge in [0.2, 0.25) is 0 Å². The number of carbonyl (C=O) groups excluding carboxylic acids is 1. The summed E-state index contributed by atoms with van der Waals surface area (Å²) in [5.74, 6) is -0.255. The van der Waals surface area contributed by atoms with Crippen molar-refractivity contribution in [3.8, 4) is 11.5 Å². The Kier molecular flexibility index (Phi) is 7.93. The minimum Gasteiger partial charge on any atom is -0.493 e. The van der Waals surface area contributed by atoms with E-state index in [1.54, 1.807) is 18.2 Å². The van der Waals surface area contributed by atoms with Gasteiger partial charge in [-0.25, -0.2) is 0 Å². The van der Waals surface area contributed by atoms with Crippen LogP contribution in [0.2, 0.25) is 0 Å². The molecule has 0 atom stereocenters. The molecule has 7 nitrogen and oxygen atoms in total. The minimum atomic E-state index is -0.719. The fourth-order valence-electron chi connectivity index (χ4n) is 4.57. The number of rotatable bonds is 9. The summed E-state index contributed by atoms with van der Waals surface area (Å²) in [6.07, 6.45) is 6.01. The SMILES string of the molecule is CC(=O)c1cc(OCC2CCC(C(=O)O)CC2)ccc1OCC1CCC(C(=O)O)CC1. The van der Waals surface area contributed by atoms with Crippen molar-refractivity contribution < 1.29 is 34.1 Å². The topological polar surface area (TPSA) is 110 Å². The molecule has 0 unspecified atom stereocenters. The molecule has 0 heterocycles. The van der Waals surface area contributed by atoms with Gasteiger partial charge in [-0.2, -0.15) is 0 Å². The highest BCUT2D eigenvalue weighted by atomic mass is 16.5. The van der Waals surface area contributed by atoms with E-state index in [4.69, 9.17) is 19.7 Å². The fraction of sp³-hybridized carbons (Fsp3) is 0.625. The third-order valence-corrected chi connectivity index (χ3v) is 6.68. The maximum absolute atomic E-state index is 12.1. The zero-order chi connectivity index (χ0) is 22.4. The van der Waals surface area contributed by atoms with Gasteiger partial charge in [-0.1, -0.05) is 0 Å². The summed E-state index contributed by atoms with van der Waals surface area (Å²) in [6, 6.07) is 5.27. The molecule has 2 aliphatic rings. The van der Waals surface area contributed by atoms with Gasteiger partial charge in [0.15, 0.2) is 5.78 Å². The standard InChI is InChI=1S/C24H32O7/c1-15(25)21-12-20(30-13-16-2-6-18(7-3-16)23(26)27)10-11-22(21)31-14-17-4-8-19(9-5-17)24(28)29/h10-12,16-19H,2-9,13-14H2,1H3,(H,26,27)(H,28,29). The van der Waals surface area contributed by atoms with Crippen molar-refractivity contribution in [3.05, 3.63) is 23.8 Å². The zero-order valence-corrected chi connectivity index (χ0v) is 18.0. The predicted molar refractivity (Wildman–Crippen MR) is 114 cm³/mol. The zero-order valence-electron chi connectivity index (χ0n) is 18.0. The Balaban J connectivity index is 1.51. The Labute approximate surface area is 182 Å². The van der Waals surface area contributed by atoms with Crippen LogP contribution >= 0.6 is 0 Å². The first-order valence-corrected chi connectivity index (χ1v) is 11.2. The second-order valence-corrected chi connectivity index (χ2v) is 8.95. The molecule has 2 aliphatic carbocycles. The van der Waals surface area contributed by atoms with E-state index in [-0.39, 0.29) is 17.6 Å². The van der Waals surface area contributed by atoms with E-state index in [2.05, 4.69) is 0 Å². The molecule has 0 spiro atoms. The monoisotopic (exact) mass is 432 g/mol. The maximum atomic E-state index is 12.1. The van der Waals surface area contributed by atoms with Gasteiger partial charge in [0.25, 0.3) is 0 Å². The molecule has 0 bridgehead atoms. The van der Waals surface area contributed by atoms with Gasteiger partial charge in [-0.05, 0) is 88.3 Å². The molecule has 0 amide bonds. The maximum Gasteiger partial charge on any atom is 0.306 e. The van der Waals surface area contributed by atoms with E-state index < -0.39 is 11.9 Å². The van der Waals surface area contributed by atoms with Gasteiger partial charge in [0.05, 0.1) is 30.6 Å². The average molecular weight is 433 g/mol. The van der Waals surface area contributed by atoms with Gasteiger partial charge in [-0.3, -0.25) is 14.4 Å². The van der Waals surface area contributed by atoms with Gasteiger partial charge < -0.3 is 19.7 Å². The molecule has 3 rings (SSSR count). The van der Waals surface area contributed by atoms with Gasteiger partial charge >= 0.3 is 11.9 Å². The number of ether oxygens (including phenoxy) is 2. The summed E-state index contributed by atoms with van der Waals surface area (Å²) >= 11 is 0. The minimum absolute atomic E-state index is 0.1000. The van der Waals surface area contributed by atoms with Crippen LogP contribution in [0.1, 0.15) is 68.6 Å². The predicted octanol–water partition coefficient (Wildman–Crippen LogP) is 4.43. The van der Waals surface area contributed by atoms with Crippen LogP contribution in [0.25, 0.3) is 0 Å². The lowest BCUT2D eigenvalue weighted by molar-refractivity contribution is -0.144. The van der Waals surface area contributed by atoms with Crippen molar-refractivity contribution >= 4 is 17.7 Å². The number of aliphatic carboxylic acids is 2. The van der Waals surface area contributed by atoms with E-state index in [9.17, 15) is 14.4 Å². The van der Waals surface area contributed by atoms with Gasteiger partial charge in [-0.15, -0.1) is 0 Å². The second-order valence-electron chi connectivity index (χ2n) is 8.95. The highest BCUT2D eigenvalue weighted by molar-refractivity contribution is 5.97. The molecule has 0 radical (unpaired) electrons. The number of ketones is 1. The Morgan fingerprint density at radius 1 is 0.806 bits per heavy atom. The van der Waals surface area contributed by atoms with Crippen LogP contribution in [0.5, 0.6) is 11.5 Å². The number of benzene rings is 1. The lowest BCUT2D eigenvalue weighted by Gasteiger charge is -2.26. The number of hydrogen-bond acceptors (Lipinski definition) is 5. The second kappa shape index (κ2) is 10.6. The molecule has 2 saturated carbocycles. The van der Waals surface area contributed by atoms with Crippen molar-refractivity contribution in [1.29, 1.82) is 0 Å². The molecule has 2 fully saturated rings. The Bertz CT molecular complexity index is 787. The molecule has 0 saturated heterocycles. The molecule has 0 aromatic heterocycles. The molecule has 0 aliphatic heterocycles. The summed E-state index contributed by atoms with van der Waals surface area (Å²) < 4.78 is 11.8. The van der Waals surface area contributed by atoms with E-state index in [1.807, 2.05) is 0 Å². The summed E-state index contributed by atoms with van der Waals surface area (Å²) in [6.45, 7) is 2.48. The quantitative estimate of drug-likeness (QED) is 0.556. The van der Waals surface area contributed by atoms with E-state index in [1.165, 1.54) is 6.92 Å². The van der Waals surface area contributed by atoms with E-state index in [0.717, 1.165) is 25.7 Å². The smallest absolute Gasteiger partial charge is 0.306 e. The van der Waals surface area contributed by atoms with Crippen molar-refractivity contribution in [2.24, 2.45) is 23.7 Å². The molecule has 1 aromatic rings. The largest absolute Gasteiger partial charge is 0.493 e. The number of carboxylic acid groups (broad SMARTS) is 2. The highest BCUT2D eigenvalue weighted by Gasteiger charge is 2.27. The van der Waals surface area contributed by atoms with E-state index in [0.29, 0.717) is 67.8 Å². The van der Waals surface area contributed by atoms with Crippen molar-refractivity contribution in [1.82, 2.24) is 0 Å². The third-order valence-electron chi connectivity index (χ3n) is 6.68. The normalized spacial score (nSPS) is 26.1. The average Bonchev–Trinajstić information content (AvgIpc) is 2.77. The third kappa shape index (κ3) is 6.45. The molecular formula is C24H32O7. The highest BCUT2D eigenvalue weighted by Crippen LogP contribution is 2.32. The first-order chi connectivity index (χ1) is 14.8. The molecule has 1 aromatic carbocycles. The Hall–Kier alpha value is -2.57. The molecule has 2 N–H and O–H groups in total. The van der Waals surface area contributed by atoms with Crippen LogP contribution in [-0.2, 0) is 9.59 Å². The first-order valence-electron chi connectivity index (χ1n) is 11.2. The van der Waals surface area contributed by atoms with Crippen LogP contribution in [-0.4, -0.2) is 41.1 Å². The Morgan fingerprint density at radius 2 is 1.29 bits per heavy atom. The van der Waals surface area contributed by atoms with Crippen LogP contribution in [0, 0.1) is 23.7 Å². The number of Topliss-reactive ketones (excluding diaryl/α,β-unsaturated/α-hetero) is 1. The number of carbonyl (C=O) groups is 3. The number of hydrogen-bond donors (Lipinski definition) is 2. The Morgan fingerprint density at radius 3 is 1.74 bits per heavy atom. The van der Waals surface area contributed by atoms with Crippen LogP contribution in [0.4, 0.5) is 0 Å². The van der Waals surface area contributed by atoms with Crippen LogP contribution in [0.3, 0.4) is 0 Å². The fourth-order valence-corrected chi connectivity index (χ4v) is 4.57. The molecule has 31 heavy (non-hydrogen) atoms. The van der Waals surface area contributed by atoms with Crippen LogP contribution in [0.15, 0.2) is 18.2 Å². The van der Waals surface area contributed by atoms with Crippen LogP contribution < -0.4 is 9.47 Å².